The monoisotopic (exact) mass is 214 g/mol. The Morgan fingerprint density at radius 1 is 1.43 bits per heavy atom. The summed E-state index contributed by atoms with van der Waals surface area (Å²) in [6, 6.07) is 7.85. The number of benzene rings is 1. The van der Waals surface area contributed by atoms with E-state index >= 15 is 0 Å². The van der Waals surface area contributed by atoms with E-state index in [1.165, 1.54) is 0 Å². The fourth-order valence-electron chi connectivity index (χ4n) is 1.21. The zero-order chi connectivity index (χ0) is 10.4. The second-order valence-electron chi connectivity index (χ2n) is 2.98. The first-order valence-corrected chi connectivity index (χ1v) is 5.13. The minimum Gasteiger partial charge on any atom is -0.497 e. The van der Waals surface area contributed by atoms with E-state index in [-0.39, 0.29) is 6.10 Å². The van der Waals surface area contributed by atoms with E-state index in [4.69, 9.17) is 21.1 Å². The fraction of sp³-hybridized carbons (Fsp3) is 0.455. The van der Waals surface area contributed by atoms with Gasteiger partial charge in [0.05, 0.1) is 19.8 Å². The number of halogens is 1. The van der Waals surface area contributed by atoms with E-state index in [1.807, 2.05) is 31.2 Å². The molecule has 0 saturated carbocycles. The molecule has 0 N–H and O–H groups in total. The van der Waals surface area contributed by atoms with Crippen molar-refractivity contribution in [3.05, 3.63) is 29.8 Å². The molecule has 0 saturated heterocycles. The summed E-state index contributed by atoms with van der Waals surface area (Å²) in [7, 11) is 1.66. The maximum Gasteiger partial charge on any atom is 0.119 e. The Balaban J connectivity index is 2.64. The molecule has 14 heavy (non-hydrogen) atoms. The van der Waals surface area contributed by atoms with Gasteiger partial charge in [-0.2, -0.15) is 0 Å². The highest BCUT2D eigenvalue weighted by Gasteiger charge is 2.05. The van der Waals surface area contributed by atoms with E-state index in [2.05, 4.69) is 0 Å². The van der Waals surface area contributed by atoms with Crippen LogP contribution in [0.1, 0.15) is 18.6 Å². The third-order valence-electron chi connectivity index (χ3n) is 2.01. The van der Waals surface area contributed by atoms with Gasteiger partial charge >= 0.3 is 0 Å². The Labute approximate surface area is 89.8 Å². The maximum atomic E-state index is 5.54. The topological polar surface area (TPSA) is 18.5 Å². The van der Waals surface area contributed by atoms with Gasteiger partial charge in [0.2, 0.25) is 0 Å². The van der Waals surface area contributed by atoms with Crippen molar-refractivity contribution >= 4 is 11.6 Å². The molecule has 0 bridgehead atoms. The molecule has 1 aromatic rings. The fourth-order valence-corrected chi connectivity index (χ4v) is 1.30. The molecular formula is C11H15ClO2. The van der Waals surface area contributed by atoms with Crippen molar-refractivity contribution in [2.45, 2.75) is 13.0 Å². The quantitative estimate of drug-likeness (QED) is 0.702. The van der Waals surface area contributed by atoms with E-state index in [0.29, 0.717) is 12.5 Å². The minimum atomic E-state index is 0.0591. The zero-order valence-electron chi connectivity index (χ0n) is 8.50. The molecule has 0 aromatic heterocycles. The van der Waals surface area contributed by atoms with Crippen molar-refractivity contribution in [2.75, 3.05) is 19.6 Å². The molecule has 3 heteroatoms. The first-order chi connectivity index (χ1) is 6.77. The molecule has 1 unspecified atom stereocenters. The standard InChI is InChI=1S/C11H15ClO2/c1-9(14-7-6-12)10-4-3-5-11(8-10)13-2/h3-5,8-9H,6-7H2,1-2H3. The number of hydrogen-bond donors (Lipinski definition) is 0. The molecule has 0 aliphatic carbocycles. The van der Waals surface area contributed by atoms with Gasteiger partial charge in [0.15, 0.2) is 0 Å². The number of hydrogen-bond acceptors (Lipinski definition) is 2. The van der Waals surface area contributed by atoms with E-state index in [1.54, 1.807) is 7.11 Å². The summed E-state index contributed by atoms with van der Waals surface area (Å²) in [5.74, 6) is 1.37. The molecule has 0 heterocycles. The van der Waals surface area contributed by atoms with Gasteiger partial charge in [-0.25, -0.2) is 0 Å². The van der Waals surface area contributed by atoms with E-state index < -0.39 is 0 Å². The van der Waals surface area contributed by atoms with Crippen molar-refractivity contribution in [1.29, 1.82) is 0 Å². The Hall–Kier alpha value is -0.730. The molecule has 1 aromatic carbocycles. The van der Waals surface area contributed by atoms with Gasteiger partial charge in [0.25, 0.3) is 0 Å². The lowest BCUT2D eigenvalue weighted by Gasteiger charge is -2.13. The largest absolute Gasteiger partial charge is 0.497 e. The molecule has 2 nitrogen and oxygen atoms in total. The Bertz CT molecular complexity index is 276. The van der Waals surface area contributed by atoms with E-state index in [9.17, 15) is 0 Å². The average molecular weight is 215 g/mol. The molecule has 0 fully saturated rings. The Morgan fingerprint density at radius 3 is 2.86 bits per heavy atom. The number of rotatable bonds is 5. The average Bonchev–Trinajstić information content (AvgIpc) is 2.26. The third kappa shape index (κ3) is 3.20. The maximum absolute atomic E-state index is 5.54. The van der Waals surface area contributed by atoms with Gasteiger partial charge in [0.1, 0.15) is 5.75 Å². The zero-order valence-corrected chi connectivity index (χ0v) is 9.25. The molecular weight excluding hydrogens is 200 g/mol. The highest BCUT2D eigenvalue weighted by atomic mass is 35.5. The second-order valence-corrected chi connectivity index (χ2v) is 3.36. The summed E-state index contributed by atoms with van der Waals surface area (Å²) in [5.41, 5.74) is 1.11. The van der Waals surface area contributed by atoms with Crippen LogP contribution in [0.15, 0.2) is 24.3 Å². The van der Waals surface area contributed by atoms with Crippen LogP contribution in [-0.4, -0.2) is 19.6 Å². The normalized spacial score (nSPS) is 12.5. The van der Waals surface area contributed by atoms with Crippen LogP contribution >= 0.6 is 11.6 Å². The second kappa shape index (κ2) is 5.89. The van der Waals surface area contributed by atoms with Crippen LogP contribution in [0.3, 0.4) is 0 Å². The van der Waals surface area contributed by atoms with Crippen LogP contribution in [0, 0.1) is 0 Å². The van der Waals surface area contributed by atoms with Gasteiger partial charge in [-0.05, 0) is 24.6 Å². The predicted octanol–water partition coefficient (Wildman–Crippen LogP) is 3.01. The van der Waals surface area contributed by atoms with Gasteiger partial charge in [0, 0.05) is 5.88 Å². The lowest BCUT2D eigenvalue weighted by Crippen LogP contribution is -2.02. The molecule has 1 atom stereocenters. The summed E-state index contributed by atoms with van der Waals surface area (Å²) in [6.07, 6.45) is 0.0591. The summed E-state index contributed by atoms with van der Waals surface area (Å²) < 4.78 is 10.6. The summed E-state index contributed by atoms with van der Waals surface area (Å²) in [5, 5.41) is 0. The van der Waals surface area contributed by atoms with Crippen LogP contribution in [0.5, 0.6) is 5.75 Å². The SMILES string of the molecule is COc1cccc(C(C)OCCCl)c1. The first kappa shape index (κ1) is 11.3. The highest BCUT2D eigenvalue weighted by Crippen LogP contribution is 2.21. The molecule has 0 spiro atoms. The number of ether oxygens (including phenoxy) is 2. The smallest absolute Gasteiger partial charge is 0.119 e. The van der Waals surface area contributed by atoms with Gasteiger partial charge in [-0.15, -0.1) is 11.6 Å². The highest BCUT2D eigenvalue weighted by molar-refractivity contribution is 6.17. The van der Waals surface area contributed by atoms with Crippen molar-refractivity contribution < 1.29 is 9.47 Å². The van der Waals surface area contributed by atoms with Gasteiger partial charge < -0.3 is 9.47 Å². The molecule has 0 aliphatic rings. The van der Waals surface area contributed by atoms with Crippen molar-refractivity contribution in [2.24, 2.45) is 0 Å². The minimum absolute atomic E-state index is 0.0591. The lowest BCUT2D eigenvalue weighted by molar-refractivity contribution is 0.0777. The van der Waals surface area contributed by atoms with Crippen LogP contribution in [0.25, 0.3) is 0 Å². The van der Waals surface area contributed by atoms with Crippen LogP contribution in [0.2, 0.25) is 0 Å². The van der Waals surface area contributed by atoms with Crippen molar-refractivity contribution in [3.63, 3.8) is 0 Å². The predicted molar refractivity (Wildman–Crippen MR) is 58.1 cm³/mol. The van der Waals surface area contributed by atoms with Crippen LogP contribution in [0.4, 0.5) is 0 Å². The molecule has 1 rings (SSSR count). The Kier molecular flexibility index (Phi) is 4.77. The van der Waals surface area contributed by atoms with Gasteiger partial charge in [-0.1, -0.05) is 12.1 Å². The van der Waals surface area contributed by atoms with Crippen molar-refractivity contribution in [1.82, 2.24) is 0 Å². The summed E-state index contributed by atoms with van der Waals surface area (Å²) >= 11 is 5.54. The Morgan fingerprint density at radius 2 is 2.21 bits per heavy atom. The summed E-state index contributed by atoms with van der Waals surface area (Å²) in [6.45, 7) is 2.57. The van der Waals surface area contributed by atoms with Gasteiger partial charge in [-0.3, -0.25) is 0 Å². The first-order valence-electron chi connectivity index (χ1n) is 4.59. The van der Waals surface area contributed by atoms with Crippen LogP contribution in [-0.2, 0) is 4.74 Å². The lowest BCUT2D eigenvalue weighted by atomic mass is 10.1. The third-order valence-corrected chi connectivity index (χ3v) is 2.16. The number of alkyl halides is 1. The molecule has 0 amide bonds. The number of methoxy groups -OCH3 is 1. The molecule has 0 radical (unpaired) electrons. The molecule has 78 valence electrons. The molecule has 0 aliphatic heterocycles. The summed E-state index contributed by atoms with van der Waals surface area (Å²) in [4.78, 5) is 0. The van der Waals surface area contributed by atoms with Crippen molar-refractivity contribution in [3.8, 4) is 5.75 Å². The van der Waals surface area contributed by atoms with Crippen LogP contribution < -0.4 is 4.74 Å². The van der Waals surface area contributed by atoms with E-state index in [0.717, 1.165) is 11.3 Å².